The molecule has 1 aromatic rings. The van der Waals surface area contributed by atoms with E-state index in [9.17, 15) is 4.79 Å². The zero-order valence-corrected chi connectivity index (χ0v) is 7.95. The molecule has 0 radical (unpaired) electrons. The number of pyridine rings is 1. The Kier molecular flexibility index (Phi) is 2.96. The summed E-state index contributed by atoms with van der Waals surface area (Å²) in [5, 5.41) is 3.37. The monoisotopic (exact) mass is 194 g/mol. The van der Waals surface area contributed by atoms with Gasteiger partial charge in [-0.2, -0.15) is 0 Å². The van der Waals surface area contributed by atoms with E-state index >= 15 is 0 Å². The van der Waals surface area contributed by atoms with Crippen molar-refractivity contribution in [3.8, 4) is 0 Å². The second kappa shape index (κ2) is 4.39. The smallest absolute Gasteiger partial charge is 0.247 e. The molecule has 0 aliphatic carbocycles. The first kappa shape index (κ1) is 9.43. The number of aromatic nitrogens is 1. The molecule has 1 aromatic heterocycles. The molecule has 1 atom stereocenters. The number of hydrogen-bond acceptors (Lipinski definition) is 3. The molecular weight excluding hydrogens is 180 g/mol. The average Bonchev–Trinajstić information content (AvgIpc) is 2.47. The van der Waals surface area contributed by atoms with Crippen LogP contribution < -0.4 is 10.9 Å². The number of hydrogen-bond donors (Lipinski definition) is 2. The highest BCUT2D eigenvalue weighted by Gasteiger charge is 2.13. The molecular formula is C10H14N2O2. The molecule has 76 valence electrons. The van der Waals surface area contributed by atoms with Crippen LogP contribution in [0.15, 0.2) is 23.1 Å². The Hall–Kier alpha value is -1.13. The molecule has 1 saturated heterocycles. The maximum absolute atomic E-state index is 10.9. The summed E-state index contributed by atoms with van der Waals surface area (Å²) >= 11 is 0. The molecule has 1 fully saturated rings. The Morgan fingerprint density at radius 2 is 2.36 bits per heavy atom. The highest BCUT2D eigenvalue weighted by molar-refractivity contribution is 5.14. The summed E-state index contributed by atoms with van der Waals surface area (Å²) in [6, 6.07) is 3.59. The van der Waals surface area contributed by atoms with Gasteiger partial charge in [-0.15, -0.1) is 0 Å². The molecule has 1 aliphatic heterocycles. The predicted octanol–water partition coefficient (Wildman–Crippen LogP) is 0.426. The van der Waals surface area contributed by atoms with Crippen molar-refractivity contribution < 1.29 is 4.74 Å². The van der Waals surface area contributed by atoms with E-state index in [1.165, 1.54) is 0 Å². The van der Waals surface area contributed by atoms with Crippen LogP contribution in [0.1, 0.15) is 18.0 Å². The lowest BCUT2D eigenvalue weighted by atomic mass is 10.1. The number of H-pyrrole nitrogens is 1. The SMILES string of the molecule is O=c1ccc(C2COCCCN2)c[nH]1. The van der Waals surface area contributed by atoms with Gasteiger partial charge in [0.15, 0.2) is 0 Å². The van der Waals surface area contributed by atoms with Crippen LogP contribution in [0.5, 0.6) is 0 Å². The van der Waals surface area contributed by atoms with E-state index < -0.39 is 0 Å². The van der Waals surface area contributed by atoms with Crippen LogP contribution in [-0.2, 0) is 4.74 Å². The van der Waals surface area contributed by atoms with Gasteiger partial charge >= 0.3 is 0 Å². The zero-order chi connectivity index (χ0) is 9.80. The second-order valence-electron chi connectivity index (χ2n) is 3.42. The molecule has 2 heterocycles. The number of ether oxygens (including phenoxy) is 1. The van der Waals surface area contributed by atoms with E-state index in [-0.39, 0.29) is 11.6 Å². The van der Waals surface area contributed by atoms with Gasteiger partial charge in [-0.25, -0.2) is 0 Å². The highest BCUT2D eigenvalue weighted by atomic mass is 16.5. The summed E-state index contributed by atoms with van der Waals surface area (Å²) in [7, 11) is 0. The maximum Gasteiger partial charge on any atom is 0.247 e. The van der Waals surface area contributed by atoms with Crippen molar-refractivity contribution >= 4 is 0 Å². The third-order valence-electron chi connectivity index (χ3n) is 2.35. The fraction of sp³-hybridized carbons (Fsp3) is 0.500. The van der Waals surface area contributed by atoms with Crippen LogP contribution >= 0.6 is 0 Å². The van der Waals surface area contributed by atoms with E-state index in [0.29, 0.717) is 6.61 Å². The van der Waals surface area contributed by atoms with Crippen molar-refractivity contribution in [1.29, 1.82) is 0 Å². The molecule has 4 nitrogen and oxygen atoms in total. The van der Waals surface area contributed by atoms with E-state index in [2.05, 4.69) is 10.3 Å². The largest absolute Gasteiger partial charge is 0.379 e. The van der Waals surface area contributed by atoms with Gasteiger partial charge in [0.05, 0.1) is 12.6 Å². The normalized spacial score (nSPS) is 23.0. The maximum atomic E-state index is 10.9. The lowest BCUT2D eigenvalue weighted by Gasteiger charge is -2.14. The van der Waals surface area contributed by atoms with Gasteiger partial charge in [-0.05, 0) is 18.5 Å². The Morgan fingerprint density at radius 1 is 1.43 bits per heavy atom. The Labute approximate surface area is 82.3 Å². The summed E-state index contributed by atoms with van der Waals surface area (Å²) in [6.07, 6.45) is 2.79. The summed E-state index contributed by atoms with van der Waals surface area (Å²) in [5.74, 6) is 0. The van der Waals surface area contributed by atoms with Gasteiger partial charge < -0.3 is 15.0 Å². The van der Waals surface area contributed by atoms with Crippen molar-refractivity contribution in [1.82, 2.24) is 10.3 Å². The molecule has 14 heavy (non-hydrogen) atoms. The quantitative estimate of drug-likeness (QED) is 0.681. The van der Waals surface area contributed by atoms with E-state index in [4.69, 9.17) is 4.74 Å². The lowest BCUT2D eigenvalue weighted by Crippen LogP contribution is -2.24. The molecule has 0 saturated carbocycles. The minimum Gasteiger partial charge on any atom is -0.379 e. The topological polar surface area (TPSA) is 54.1 Å². The van der Waals surface area contributed by atoms with Gasteiger partial charge in [-0.3, -0.25) is 4.79 Å². The molecule has 0 bridgehead atoms. The summed E-state index contributed by atoms with van der Waals surface area (Å²) < 4.78 is 5.44. The summed E-state index contributed by atoms with van der Waals surface area (Å²) in [5.41, 5.74) is 1.01. The van der Waals surface area contributed by atoms with Crippen LogP contribution in [0.25, 0.3) is 0 Å². The van der Waals surface area contributed by atoms with Gasteiger partial charge in [0.25, 0.3) is 0 Å². The predicted molar refractivity (Wildman–Crippen MR) is 53.2 cm³/mol. The minimum atomic E-state index is -0.0664. The third-order valence-corrected chi connectivity index (χ3v) is 2.35. The second-order valence-corrected chi connectivity index (χ2v) is 3.42. The van der Waals surface area contributed by atoms with Crippen LogP contribution in [0, 0.1) is 0 Å². The fourth-order valence-electron chi connectivity index (χ4n) is 1.56. The Morgan fingerprint density at radius 3 is 3.14 bits per heavy atom. The minimum absolute atomic E-state index is 0.0664. The fourth-order valence-corrected chi connectivity index (χ4v) is 1.56. The summed E-state index contributed by atoms with van der Waals surface area (Å²) in [4.78, 5) is 13.5. The van der Waals surface area contributed by atoms with E-state index in [1.807, 2.05) is 6.07 Å². The van der Waals surface area contributed by atoms with Gasteiger partial charge in [0.2, 0.25) is 5.56 Å². The van der Waals surface area contributed by atoms with Crippen LogP contribution in [0.2, 0.25) is 0 Å². The van der Waals surface area contributed by atoms with Crippen molar-refractivity contribution in [2.45, 2.75) is 12.5 Å². The molecule has 1 aliphatic rings. The first-order chi connectivity index (χ1) is 6.86. The first-order valence-electron chi connectivity index (χ1n) is 4.86. The van der Waals surface area contributed by atoms with E-state index in [0.717, 1.165) is 25.1 Å². The molecule has 0 aromatic carbocycles. The molecule has 2 rings (SSSR count). The van der Waals surface area contributed by atoms with Crippen molar-refractivity contribution in [3.05, 3.63) is 34.2 Å². The molecule has 4 heteroatoms. The van der Waals surface area contributed by atoms with Crippen molar-refractivity contribution in [2.75, 3.05) is 19.8 Å². The van der Waals surface area contributed by atoms with Crippen molar-refractivity contribution in [2.24, 2.45) is 0 Å². The molecule has 2 N–H and O–H groups in total. The molecule has 0 spiro atoms. The average molecular weight is 194 g/mol. The van der Waals surface area contributed by atoms with E-state index in [1.54, 1.807) is 12.3 Å². The Balaban J connectivity index is 2.12. The summed E-state index contributed by atoms with van der Waals surface area (Å²) in [6.45, 7) is 2.45. The van der Waals surface area contributed by atoms with Gasteiger partial charge in [0, 0.05) is 18.9 Å². The van der Waals surface area contributed by atoms with Crippen LogP contribution in [0.4, 0.5) is 0 Å². The van der Waals surface area contributed by atoms with Crippen LogP contribution in [0.3, 0.4) is 0 Å². The standard InChI is InChI=1S/C10H14N2O2/c13-10-3-2-8(6-12-10)9-7-14-5-1-4-11-9/h2-3,6,9,11H,1,4-5,7H2,(H,12,13). The van der Waals surface area contributed by atoms with Crippen LogP contribution in [-0.4, -0.2) is 24.7 Å². The number of nitrogens with one attached hydrogen (secondary N) is 2. The third kappa shape index (κ3) is 2.21. The highest BCUT2D eigenvalue weighted by Crippen LogP contribution is 2.12. The van der Waals surface area contributed by atoms with Gasteiger partial charge in [0.1, 0.15) is 0 Å². The first-order valence-corrected chi connectivity index (χ1v) is 4.86. The van der Waals surface area contributed by atoms with Crippen molar-refractivity contribution in [3.63, 3.8) is 0 Å². The number of rotatable bonds is 1. The zero-order valence-electron chi connectivity index (χ0n) is 7.95. The molecule has 1 unspecified atom stereocenters. The lowest BCUT2D eigenvalue weighted by molar-refractivity contribution is 0.131. The Bertz CT molecular complexity index is 320. The molecule has 0 amide bonds. The number of aromatic amines is 1. The van der Waals surface area contributed by atoms with Gasteiger partial charge in [-0.1, -0.05) is 6.07 Å².